The van der Waals surface area contributed by atoms with Crippen LogP contribution in [0.15, 0.2) is 48.8 Å². The molecule has 0 spiro atoms. The summed E-state index contributed by atoms with van der Waals surface area (Å²) in [5.74, 6) is 1.17. The number of carbonyl (C=O) groups is 1. The molecule has 22 heavy (non-hydrogen) atoms. The Hall–Kier alpha value is -2.62. The fourth-order valence-corrected chi connectivity index (χ4v) is 1.96. The van der Waals surface area contributed by atoms with Gasteiger partial charge in [0, 0.05) is 23.5 Å². The highest BCUT2D eigenvalue weighted by Crippen LogP contribution is 2.32. The highest BCUT2D eigenvalue weighted by molar-refractivity contribution is 6.06. The van der Waals surface area contributed by atoms with Crippen LogP contribution >= 0.6 is 0 Å². The number of ketones is 1. The van der Waals surface area contributed by atoms with Crippen LogP contribution in [0.1, 0.15) is 29.8 Å². The van der Waals surface area contributed by atoms with E-state index in [0.717, 1.165) is 5.56 Å². The van der Waals surface area contributed by atoms with E-state index in [1.54, 1.807) is 37.7 Å². The molecule has 0 bridgehead atoms. The van der Waals surface area contributed by atoms with Gasteiger partial charge >= 0.3 is 0 Å². The Labute approximate surface area is 130 Å². The number of rotatable bonds is 6. The molecule has 1 aromatic heterocycles. The molecule has 1 heterocycles. The summed E-state index contributed by atoms with van der Waals surface area (Å²) in [5, 5.41) is 0. The predicted molar refractivity (Wildman–Crippen MR) is 86.4 cm³/mol. The van der Waals surface area contributed by atoms with Crippen molar-refractivity contribution in [2.75, 3.05) is 7.11 Å². The van der Waals surface area contributed by atoms with Crippen LogP contribution in [-0.4, -0.2) is 24.0 Å². The molecule has 2 rings (SSSR count). The number of methoxy groups -OCH3 is 1. The zero-order valence-corrected chi connectivity index (χ0v) is 12.9. The van der Waals surface area contributed by atoms with Crippen LogP contribution in [0.3, 0.4) is 0 Å². The van der Waals surface area contributed by atoms with E-state index in [9.17, 15) is 4.79 Å². The summed E-state index contributed by atoms with van der Waals surface area (Å²) < 4.78 is 11.1. The second-order valence-electron chi connectivity index (χ2n) is 4.98. The summed E-state index contributed by atoms with van der Waals surface area (Å²) in [6, 6.07) is 9.04. The van der Waals surface area contributed by atoms with Gasteiger partial charge in [-0.25, -0.2) is 0 Å². The quantitative estimate of drug-likeness (QED) is 0.601. The number of benzene rings is 1. The van der Waals surface area contributed by atoms with Gasteiger partial charge in [-0.3, -0.25) is 9.78 Å². The molecule has 0 radical (unpaired) electrons. The van der Waals surface area contributed by atoms with Gasteiger partial charge in [-0.2, -0.15) is 0 Å². The van der Waals surface area contributed by atoms with Crippen LogP contribution in [0.4, 0.5) is 0 Å². The average molecular weight is 297 g/mol. The first-order valence-electron chi connectivity index (χ1n) is 7.08. The van der Waals surface area contributed by atoms with E-state index < -0.39 is 0 Å². The van der Waals surface area contributed by atoms with Crippen LogP contribution in [0.25, 0.3) is 6.08 Å². The van der Waals surface area contributed by atoms with Crippen molar-refractivity contribution < 1.29 is 14.3 Å². The largest absolute Gasteiger partial charge is 0.493 e. The molecule has 0 N–H and O–H groups in total. The van der Waals surface area contributed by atoms with E-state index in [4.69, 9.17) is 9.47 Å². The average Bonchev–Trinajstić information content (AvgIpc) is 2.53. The summed E-state index contributed by atoms with van der Waals surface area (Å²) in [4.78, 5) is 16.1. The van der Waals surface area contributed by atoms with Gasteiger partial charge in [0.05, 0.1) is 13.2 Å². The maximum absolute atomic E-state index is 12.1. The number of aromatic nitrogens is 1. The lowest BCUT2D eigenvalue weighted by Crippen LogP contribution is -2.08. The normalized spacial score (nSPS) is 10.9. The minimum absolute atomic E-state index is 0.0116. The van der Waals surface area contributed by atoms with Crippen LogP contribution in [0.5, 0.6) is 11.5 Å². The summed E-state index contributed by atoms with van der Waals surface area (Å²) in [5.41, 5.74) is 1.35. The standard InChI is InChI=1S/C18H19NO3/c1-13(2)22-18-14(6-4-8-17(18)21-3)9-10-16(20)15-7-5-11-19-12-15/h4-13H,1-3H3/b10-9+. The highest BCUT2D eigenvalue weighted by atomic mass is 16.5. The third kappa shape index (κ3) is 3.95. The Morgan fingerprint density at radius 2 is 2.05 bits per heavy atom. The van der Waals surface area contributed by atoms with Gasteiger partial charge in [0.2, 0.25) is 0 Å². The van der Waals surface area contributed by atoms with E-state index in [1.165, 1.54) is 6.08 Å². The number of carbonyl (C=O) groups excluding carboxylic acids is 1. The van der Waals surface area contributed by atoms with E-state index in [-0.39, 0.29) is 11.9 Å². The first-order chi connectivity index (χ1) is 10.6. The monoisotopic (exact) mass is 297 g/mol. The molecule has 4 heteroatoms. The molecule has 0 aliphatic heterocycles. The number of allylic oxidation sites excluding steroid dienone is 1. The molecular weight excluding hydrogens is 278 g/mol. The van der Waals surface area contributed by atoms with Crippen molar-refractivity contribution in [1.29, 1.82) is 0 Å². The lowest BCUT2D eigenvalue weighted by atomic mass is 10.1. The van der Waals surface area contributed by atoms with Crippen LogP contribution in [0, 0.1) is 0 Å². The molecule has 0 aliphatic rings. The topological polar surface area (TPSA) is 48.4 Å². The van der Waals surface area contributed by atoms with Crippen molar-refractivity contribution in [2.24, 2.45) is 0 Å². The fraction of sp³-hybridized carbons (Fsp3) is 0.222. The molecule has 0 fully saturated rings. The zero-order valence-electron chi connectivity index (χ0n) is 12.9. The van der Waals surface area contributed by atoms with Gasteiger partial charge in [-0.15, -0.1) is 0 Å². The molecule has 1 aromatic carbocycles. The van der Waals surface area contributed by atoms with Crippen LogP contribution < -0.4 is 9.47 Å². The van der Waals surface area contributed by atoms with Gasteiger partial charge in [0.1, 0.15) is 0 Å². The first-order valence-corrected chi connectivity index (χ1v) is 7.08. The summed E-state index contributed by atoms with van der Waals surface area (Å²) in [7, 11) is 1.59. The van der Waals surface area contributed by atoms with Gasteiger partial charge in [-0.1, -0.05) is 12.1 Å². The molecule has 0 unspecified atom stereocenters. The van der Waals surface area contributed by atoms with Gasteiger partial charge < -0.3 is 9.47 Å². The van der Waals surface area contributed by atoms with Crippen molar-refractivity contribution in [2.45, 2.75) is 20.0 Å². The number of para-hydroxylation sites is 1. The van der Waals surface area contributed by atoms with Crippen molar-refractivity contribution in [3.63, 3.8) is 0 Å². The molecule has 0 amide bonds. The molecular formula is C18H19NO3. The molecule has 114 valence electrons. The predicted octanol–water partition coefficient (Wildman–Crippen LogP) is 3.77. The zero-order chi connectivity index (χ0) is 15.9. The number of nitrogens with zero attached hydrogens (tertiary/aromatic N) is 1. The Kier molecular flexibility index (Phi) is 5.31. The van der Waals surface area contributed by atoms with E-state index in [0.29, 0.717) is 17.1 Å². The lowest BCUT2D eigenvalue weighted by Gasteiger charge is -2.15. The maximum Gasteiger partial charge on any atom is 0.187 e. The van der Waals surface area contributed by atoms with Crippen molar-refractivity contribution in [3.8, 4) is 11.5 Å². The molecule has 4 nitrogen and oxygen atoms in total. The molecule has 0 aliphatic carbocycles. The minimum atomic E-state index is -0.105. The Morgan fingerprint density at radius 3 is 2.68 bits per heavy atom. The van der Waals surface area contributed by atoms with Gasteiger partial charge in [0.15, 0.2) is 17.3 Å². The number of ether oxygens (including phenoxy) is 2. The Balaban J connectivity index is 2.29. The third-order valence-electron chi connectivity index (χ3n) is 2.94. The van der Waals surface area contributed by atoms with Crippen LogP contribution in [0.2, 0.25) is 0 Å². The molecule has 0 saturated heterocycles. The first kappa shape index (κ1) is 15.8. The van der Waals surface area contributed by atoms with E-state index in [2.05, 4.69) is 4.98 Å². The van der Waals surface area contributed by atoms with E-state index >= 15 is 0 Å². The van der Waals surface area contributed by atoms with Gasteiger partial charge in [-0.05, 0) is 44.2 Å². The number of pyridine rings is 1. The second-order valence-corrected chi connectivity index (χ2v) is 4.98. The molecule has 2 aromatic rings. The van der Waals surface area contributed by atoms with Crippen LogP contribution in [-0.2, 0) is 0 Å². The minimum Gasteiger partial charge on any atom is -0.493 e. The number of hydrogen-bond acceptors (Lipinski definition) is 4. The van der Waals surface area contributed by atoms with Crippen molar-refractivity contribution >= 4 is 11.9 Å². The van der Waals surface area contributed by atoms with Crippen molar-refractivity contribution in [3.05, 3.63) is 59.9 Å². The maximum atomic E-state index is 12.1. The third-order valence-corrected chi connectivity index (χ3v) is 2.94. The molecule has 0 atom stereocenters. The summed E-state index contributed by atoms with van der Waals surface area (Å²) in [6.07, 6.45) is 6.44. The smallest absolute Gasteiger partial charge is 0.187 e. The lowest BCUT2D eigenvalue weighted by molar-refractivity contribution is 0.104. The van der Waals surface area contributed by atoms with Gasteiger partial charge in [0.25, 0.3) is 0 Å². The number of hydrogen-bond donors (Lipinski definition) is 0. The highest BCUT2D eigenvalue weighted by Gasteiger charge is 2.11. The SMILES string of the molecule is COc1cccc(/C=C/C(=O)c2cccnc2)c1OC(C)C. The summed E-state index contributed by atoms with van der Waals surface area (Å²) >= 11 is 0. The summed E-state index contributed by atoms with van der Waals surface area (Å²) in [6.45, 7) is 3.89. The van der Waals surface area contributed by atoms with Crippen molar-refractivity contribution in [1.82, 2.24) is 4.98 Å². The molecule has 0 saturated carbocycles. The van der Waals surface area contributed by atoms with E-state index in [1.807, 2.05) is 32.0 Å². The Bertz CT molecular complexity index is 663. The second kappa shape index (κ2) is 7.41. The Morgan fingerprint density at radius 1 is 1.23 bits per heavy atom. The fourth-order valence-electron chi connectivity index (χ4n) is 1.96.